The summed E-state index contributed by atoms with van der Waals surface area (Å²) in [6.45, 7) is 4.08. The molecule has 0 amide bonds. The molecule has 9 nitrogen and oxygen atoms in total. The van der Waals surface area contributed by atoms with E-state index in [1.54, 1.807) is 17.2 Å². The summed E-state index contributed by atoms with van der Waals surface area (Å²) in [7, 11) is 0. The van der Waals surface area contributed by atoms with E-state index >= 15 is 0 Å². The molecule has 0 atom stereocenters. The zero-order chi connectivity index (χ0) is 22.6. The Hall–Kier alpha value is -2.73. The summed E-state index contributed by atoms with van der Waals surface area (Å²) < 4.78 is 40.3. The molecule has 0 radical (unpaired) electrons. The van der Waals surface area contributed by atoms with Gasteiger partial charge in [-0.15, -0.1) is 0 Å². The van der Waals surface area contributed by atoms with E-state index in [9.17, 15) is 22.8 Å². The van der Waals surface area contributed by atoms with Gasteiger partial charge in [-0.2, -0.15) is 13.2 Å². The first-order valence-corrected chi connectivity index (χ1v) is 9.97. The Morgan fingerprint density at radius 3 is 2.29 bits per heavy atom. The Morgan fingerprint density at radius 1 is 1.13 bits per heavy atom. The third-order valence-electron chi connectivity index (χ3n) is 5.56. The number of piperazine rings is 1. The van der Waals surface area contributed by atoms with Crippen molar-refractivity contribution >= 4 is 23.6 Å². The molecule has 3 N–H and O–H groups in total. The number of nitrogen functional groups attached to an aromatic ring is 1. The van der Waals surface area contributed by atoms with Gasteiger partial charge in [-0.3, -0.25) is 20.0 Å². The maximum atomic E-state index is 12.2. The SMILES string of the molecule is N=C(N)c1ccc(N2CCN(C3CCN(CC(=O)OC(=O)C(F)(F)F)CC3)CC2)nc1. The van der Waals surface area contributed by atoms with Crippen molar-refractivity contribution in [2.24, 2.45) is 5.73 Å². The molecule has 2 aliphatic rings. The minimum absolute atomic E-state index is 0.0181. The molecule has 2 saturated heterocycles. The van der Waals surface area contributed by atoms with Gasteiger partial charge in [-0.25, -0.2) is 9.78 Å². The topological polar surface area (TPSA) is 116 Å². The monoisotopic (exact) mass is 442 g/mol. The molecule has 31 heavy (non-hydrogen) atoms. The number of carbonyl (C=O) groups is 2. The summed E-state index contributed by atoms with van der Waals surface area (Å²) in [6, 6.07) is 3.97. The zero-order valence-electron chi connectivity index (χ0n) is 16.9. The van der Waals surface area contributed by atoms with E-state index in [0.717, 1.165) is 44.8 Å². The summed E-state index contributed by atoms with van der Waals surface area (Å²) >= 11 is 0. The number of alkyl halides is 3. The first-order chi connectivity index (χ1) is 14.6. The number of anilines is 1. The van der Waals surface area contributed by atoms with Gasteiger partial charge in [0.1, 0.15) is 11.7 Å². The van der Waals surface area contributed by atoms with Gasteiger partial charge in [-0.05, 0) is 25.0 Å². The predicted molar refractivity (Wildman–Crippen MR) is 106 cm³/mol. The molecular weight excluding hydrogens is 417 g/mol. The van der Waals surface area contributed by atoms with E-state index < -0.39 is 18.1 Å². The number of pyridine rings is 1. The van der Waals surface area contributed by atoms with Crippen LogP contribution in [-0.2, 0) is 14.3 Å². The third kappa shape index (κ3) is 6.14. The van der Waals surface area contributed by atoms with Crippen LogP contribution < -0.4 is 10.6 Å². The second-order valence-corrected chi connectivity index (χ2v) is 7.61. The van der Waals surface area contributed by atoms with Crippen molar-refractivity contribution in [1.29, 1.82) is 5.41 Å². The summed E-state index contributed by atoms with van der Waals surface area (Å²) in [6.07, 6.45) is -2.01. The number of rotatable bonds is 5. The number of carbonyl (C=O) groups excluding carboxylic acids is 2. The number of amidine groups is 1. The molecule has 0 aliphatic carbocycles. The highest BCUT2D eigenvalue weighted by atomic mass is 19.4. The fourth-order valence-electron chi connectivity index (χ4n) is 3.87. The van der Waals surface area contributed by atoms with E-state index in [1.165, 1.54) is 0 Å². The predicted octanol–water partition coefficient (Wildman–Crippen LogP) is 0.584. The summed E-state index contributed by atoms with van der Waals surface area (Å²) in [4.78, 5) is 32.9. The molecule has 1 aromatic rings. The van der Waals surface area contributed by atoms with Crippen LogP contribution in [0.4, 0.5) is 19.0 Å². The molecule has 1 aromatic heterocycles. The zero-order valence-corrected chi connectivity index (χ0v) is 16.9. The molecule has 0 aromatic carbocycles. The Labute approximate surface area is 177 Å². The number of piperidine rings is 1. The number of ether oxygens (including phenoxy) is 1. The van der Waals surface area contributed by atoms with Crippen molar-refractivity contribution in [3.8, 4) is 0 Å². The maximum absolute atomic E-state index is 12.2. The van der Waals surface area contributed by atoms with Crippen molar-refractivity contribution in [3.63, 3.8) is 0 Å². The molecule has 0 spiro atoms. The van der Waals surface area contributed by atoms with Gasteiger partial charge in [0.15, 0.2) is 0 Å². The van der Waals surface area contributed by atoms with Gasteiger partial charge in [0.25, 0.3) is 0 Å². The summed E-state index contributed by atoms with van der Waals surface area (Å²) in [5, 5.41) is 7.42. The van der Waals surface area contributed by atoms with Gasteiger partial charge in [-0.1, -0.05) is 0 Å². The number of nitrogens with zero attached hydrogens (tertiary/aromatic N) is 4. The van der Waals surface area contributed by atoms with Crippen LogP contribution in [0.2, 0.25) is 0 Å². The summed E-state index contributed by atoms with van der Waals surface area (Å²) in [5.74, 6) is -2.84. The molecular formula is C19H25F3N6O3. The lowest BCUT2D eigenvalue weighted by atomic mass is 10.0. The Morgan fingerprint density at radius 2 is 1.77 bits per heavy atom. The molecule has 0 saturated carbocycles. The first-order valence-electron chi connectivity index (χ1n) is 9.97. The standard InChI is InChI=1S/C19H25F3N6O3/c20-19(21,22)18(30)31-16(29)12-26-5-3-14(4-6-26)27-7-9-28(10-8-27)15-2-1-13(11-25-15)17(23)24/h1-2,11,14H,3-10,12H2,(H3,23,24). The summed E-state index contributed by atoms with van der Waals surface area (Å²) in [5.41, 5.74) is 6.04. The second kappa shape index (κ2) is 9.60. The smallest absolute Gasteiger partial charge is 0.385 e. The largest absolute Gasteiger partial charge is 0.491 e. The van der Waals surface area contributed by atoms with E-state index in [1.807, 2.05) is 6.07 Å². The van der Waals surface area contributed by atoms with Crippen molar-refractivity contribution in [1.82, 2.24) is 14.8 Å². The van der Waals surface area contributed by atoms with Gasteiger partial charge >= 0.3 is 18.1 Å². The normalized spacial score (nSPS) is 19.3. The Kier molecular flexibility index (Phi) is 7.11. The van der Waals surface area contributed by atoms with Crippen molar-refractivity contribution in [2.75, 3.05) is 50.7 Å². The van der Waals surface area contributed by atoms with E-state index in [-0.39, 0.29) is 12.4 Å². The fourth-order valence-corrected chi connectivity index (χ4v) is 3.87. The molecule has 170 valence electrons. The van der Waals surface area contributed by atoms with Crippen LogP contribution in [0.5, 0.6) is 0 Å². The molecule has 3 heterocycles. The van der Waals surface area contributed by atoms with Crippen LogP contribution in [0.25, 0.3) is 0 Å². The number of nitrogens with one attached hydrogen (secondary N) is 1. The van der Waals surface area contributed by atoms with Crippen LogP contribution in [0.1, 0.15) is 18.4 Å². The van der Waals surface area contributed by atoms with Crippen molar-refractivity contribution in [2.45, 2.75) is 25.1 Å². The minimum atomic E-state index is -5.17. The van der Waals surface area contributed by atoms with Crippen LogP contribution in [0, 0.1) is 5.41 Å². The van der Waals surface area contributed by atoms with E-state index in [4.69, 9.17) is 11.1 Å². The average molecular weight is 442 g/mol. The van der Waals surface area contributed by atoms with Crippen molar-refractivity contribution in [3.05, 3.63) is 23.9 Å². The van der Waals surface area contributed by atoms with Gasteiger partial charge in [0, 0.05) is 57.1 Å². The van der Waals surface area contributed by atoms with Crippen molar-refractivity contribution < 1.29 is 27.5 Å². The molecule has 2 aliphatic heterocycles. The molecule has 0 bridgehead atoms. The Bertz CT molecular complexity index is 801. The molecule has 0 unspecified atom stereocenters. The van der Waals surface area contributed by atoms with E-state index in [0.29, 0.717) is 24.7 Å². The quantitative estimate of drug-likeness (QED) is 0.295. The molecule has 12 heteroatoms. The van der Waals surface area contributed by atoms with Gasteiger partial charge in [0.2, 0.25) is 0 Å². The van der Waals surface area contributed by atoms with Crippen LogP contribution in [-0.4, -0.2) is 90.6 Å². The fraction of sp³-hybridized carbons (Fsp3) is 0.579. The number of aromatic nitrogens is 1. The highest BCUT2D eigenvalue weighted by Gasteiger charge is 2.42. The number of halogens is 3. The Balaban J connectivity index is 1.40. The third-order valence-corrected chi connectivity index (χ3v) is 5.56. The first kappa shape index (κ1) is 22.9. The van der Waals surface area contributed by atoms with Gasteiger partial charge in [0.05, 0.1) is 6.54 Å². The average Bonchev–Trinajstić information content (AvgIpc) is 2.74. The maximum Gasteiger partial charge on any atom is 0.491 e. The van der Waals surface area contributed by atoms with Crippen LogP contribution >= 0.6 is 0 Å². The number of esters is 2. The highest BCUT2D eigenvalue weighted by Crippen LogP contribution is 2.21. The highest BCUT2D eigenvalue weighted by molar-refractivity contribution is 5.94. The van der Waals surface area contributed by atoms with Crippen LogP contribution in [0.3, 0.4) is 0 Å². The van der Waals surface area contributed by atoms with Crippen LogP contribution in [0.15, 0.2) is 18.3 Å². The number of hydrogen-bond acceptors (Lipinski definition) is 8. The minimum Gasteiger partial charge on any atom is -0.385 e. The lowest BCUT2D eigenvalue weighted by Gasteiger charge is -2.42. The lowest BCUT2D eigenvalue weighted by molar-refractivity contribution is -0.202. The van der Waals surface area contributed by atoms with E-state index in [2.05, 4.69) is 19.5 Å². The molecule has 2 fully saturated rings. The lowest BCUT2D eigenvalue weighted by Crippen LogP contribution is -2.53. The number of hydrogen-bond donors (Lipinski definition) is 2. The molecule has 3 rings (SSSR count). The second-order valence-electron chi connectivity index (χ2n) is 7.61. The van der Waals surface area contributed by atoms with Gasteiger partial charge < -0.3 is 15.4 Å². The number of nitrogens with two attached hydrogens (primary N) is 1. The number of likely N-dealkylation sites (tertiary alicyclic amines) is 1.